The molecule has 2 rings (SSSR count). The summed E-state index contributed by atoms with van der Waals surface area (Å²) >= 11 is 0. The zero-order valence-corrected chi connectivity index (χ0v) is 19.1. The molecule has 0 bridgehead atoms. The summed E-state index contributed by atoms with van der Waals surface area (Å²) in [4.78, 5) is 24.9. The van der Waals surface area contributed by atoms with Crippen LogP contribution in [-0.2, 0) is 32.6 Å². The summed E-state index contributed by atoms with van der Waals surface area (Å²) in [5.41, 5.74) is 5.43. The van der Waals surface area contributed by atoms with Crippen LogP contribution in [0.5, 0.6) is 0 Å². The molecule has 1 aliphatic heterocycles. The lowest BCUT2D eigenvalue weighted by Gasteiger charge is -2.35. The molecule has 10 heteroatoms. The molecule has 1 unspecified atom stereocenters. The molecule has 1 saturated carbocycles. The molecule has 0 aromatic rings. The third-order valence-corrected chi connectivity index (χ3v) is 6.01. The number of ether oxygens (including phenoxy) is 3. The molecule has 2 N–H and O–H groups in total. The summed E-state index contributed by atoms with van der Waals surface area (Å²) in [6.07, 6.45) is -1.52. The first-order valence-corrected chi connectivity index (χ1v) is 11.7. The van der Waals surface area contributed by atoms with E-state index in [-0.39, 0.29) is 30.8 Å². The van der Waals surface area contributed by atoms with Gasteiger partial charge in [-0.1, -0.05) is 6.92 Å². The molecule has 0 aromatic heterocycles. The molecule has 29 heavy (non-hydrogen) atoms. The summed E-state index contributed by atoms with van der Waals surface area (Å²) in [6.45, 7) is 11.3. The van der Waals surface area contributed by atoms with Gasteiger partial charge in [-0.3, -0.25) is 4.57 Å². The molecule has 0 radical (unpaired) electrons. The van der Waals surface area contributed by atoms with Gasteiger partial charge in [0.15, 0.2) is 6.10 Å². The maximum absolute atomic E-state index is 12.5. The quantitative estimate of drug-likeness (QED) is 0.539. The Hall–Kier alpha value is -0.540. The Morgan fingerprint density at radius 2 is 1.90 bits per heavy atom. The van der Waals surface area contributed by atoms with Crippen LogP contribution in [0.1, 0.15) is 60.8 Å². The van der Waals surface area contributed by atoms with Crippen LogP contribution in [0.25, 0.3) is 0 Å². The highest BCUT2D eigenvalue weighted by Crippen LogP contribution is 2.47. The summed E-state index contributed by atoms with van der Waals surface area (Å²) < 4.78 is 39.2. The van der Waals surface area contributed by atoms with Crippen LogP contribution in [0.4, 0.5) is 0 Å². The number of nitrogens with two attached hydrogens (primary N) is 1. The van der Waals surface area contributed by atoms with E-state index in [0.29, 0.717) is 19.3 Å². The van der Waals surface area contributed by atoms with Gasteiger partial charge in [0.05, 0.1) is 42.7 Å². The zero-order valence-electron chi connectivity index (χ0n) is 18.2. The predicted octanol–water partition coefficient (Wildman–Crippen LogP) is 1.91. The van der Waals surface area contributed by atoms with Crippen LogP contribution in [0.2, 0.25) is 0 Å². The fourth-order valence-electron chi connectivity index (χ4n) is 3.95. The van der Waals surface area contributed by atoms with Crippen LogP contribution in [0.3, 0.4) is 0 Å². The maximum atomic E-state index is 12.5. The van der Waals surface area contributed by atoms with Gasteiger partial charge in [0.25, 0.3) is 0 Å². The molecule has 170 valence electrons. The molecular weight excluding hydrogens is 401 g/mol. The van der Waals surface area contributed by atoms with Gasteiger partial charge >= 0.3 is 13.8 Å². The van der Waals surface area contributed by atoms with Gasteiger partial charge < -0.3 is 33.9 Å². The Balaban J connectivity index is 2.02. The van der Waals surface area contributed by atoms with Crippen molar-refractivity contribution in [3.05, 3.63) is 0 Å². The van der Waals surface area contributed by atoms with Crippen LogP contribution >= 0.6 is 7.82 Å². The average Bonchev–Trinajstić information content (AvgIpc) is 3.03. The highest BCUT2D eigenvalue weighted by atomic mass is 31.2. The molecule has 0 amide bonds. The number of rotatable bonds is 9. The normalized spacial score (nSPS) is 37.2. The maximum Gasteiger partial charge on any atom is 0.343 e. The minimum Gasteiger partial charge on any atom is -0.746 e. The Labute approximate surface area is 173 Å². The van der Waals surface area contributed by atoms with Crippen LogP contribution in [0, 0.1) is 5.92 Å². The van der Waals surface area contributed by atoms with Gasteiger partial charge in [0, 0.05) is 6.42 Å². The molecule has 2 aliphatic rings. The number of phosphoric ester groups is 1. The van der Waals surface area contributed by atoms with E-state index in [2.05, 4.69) is 0 Å². The topological polar surface area (TPSA) is 129 Å². The van der Waals surface area contributed by atoms with Gasteiger partial charge in [-0.05, 0) is 53.4 Å². The van der Waals surface area contributed by atoms with Crippen molar-refractivity contribution in [3.63, 3.8) is 0 Å². The molecule has 7 atom stereocenters. The summed E-state index contributed by atoms with van der Waals surface area (Å²) in [5.74, 6) is -0.885. The zero-order chi connectivity index (χ0) is 22.0. The van der Waals surface area contributed by atoms with E-state index in [4.69, 9.17) is 29.0 Å². The molecule has 9 nitrogen and oxygen atoms in total. The lowest BCUT2D eigenvalue weighted by Crippen LogP contribution is -2.52. The van der Waals surface area contributed by atoms with E-state index in [1.807, 2.05) is 34.6 Å². The fourth-order valence-corrected chi connectivity index (χ4v) is 4.93. The largest absolute Gasteiger partial charge is 0.746 e. The Bertz CT molecular complexity index is 615. The van der Waals surface area contributed by atoms with E-state index in [9.17, 15) is 14.3 Å². The lowest BCUT2D eigenvalue weighted by molar-refractivity contribution is -0.233. The monoisotopic (exact) mass is 436 g/mol. The van der Waals surface area contributed by atoms with E-state index in [1.54, 1.807) is 6.92 Å². The first-order valence-electron chi connectivity index (χ1n) is 10.3. The smallest absolute Gasteiger partial charge is 0.343 e. The summed E-state index contributed by atoms with van der Waals surface area (Å²) in [7, 11) is -4.96. The molecule has 1 heterocycles. The van der Waals surface area contributed by atoms with Gasteiger partial charge in [0.1, 0.15) is 0 Å². The summed E-state index contributed by atoms with van der Waals surface area (Å²) in [5, 5.41) is 0. The van der Waals surface area contributed by atoms with E-state index in [1.165, 1.54) is 0 Å². The molecular formula is C19H35NO8P-. The van der Waals surface area contributed by atoms with Crippen molar-refractivity contribution in [2.24, 2.45) is 11.7 Å². The fraction of sp³-hybridized carbons (Fsp3) is 0.947. The van der Waals surface area contributed by atoms with Gasteiger partial charge in [-0.25, -0.2) is 4.79 Å². The van der Waals surface area contributed by atoms with Gasteiger partial charge in [0.2, 0.25) is 0 Å². The second-order valence-corrected chi connectivity index (χ2v) is 10.2. The second kappa shape index (κ2) is 9.73. The number of phosphoric acid groups is 1. The van der Waals surface area contributed by atoms with Crippen molar-refractivity contribution < 1.29 is 37.5 Å². The Kier molecular flexibility index (Phi) is 8.29. The Morgan fingerprint density at radius 3 is 2.48 bits per heavy atom. The van der Waals surface area contributed by atoms with Crippen molar-refractivity contribution in [1.82, 2.24) is 0 Å². The first-order chi connectivity index (χ1) is 13.3. The first kappa shape index (κ1) is 24.7. The third kappa shape index (κ3) is 6.99. The van der Waals surface area contributed by atoms with Crippen LogP contribution in [0.15, 0.2) is 0 Å². The number of carbonyl (C=O) groups excluding carboxylic acids is 1. The van der Waals surface area contributed by atoms with Gasteiger partial charge in [-0.2, -0.15) is 0 Å². The van der Waals surface area contributed by atoms with Crippen molar-refractivity contribution in [2.45, 2.75) is 103 Å². The summed E-state index contributed by atoms with van der Waals surface area (Å²) in [6, 6.07) is 0. The minimum absolute atomic E-state index is 0.0525. The van der Waals surface area contributed by atoms with Crippen molar-refractivity contribution in [3.8, 4) is 0 Å². The molecule has 0 spiro atoms. The van der Waals surface area contributed by atoms with E-state index in [0.717, 1.165) is 0 Å². The van der Waals surface area contributed by atoms with Crippen LogP contribution < -0.4 is 10.6 Å². The SMILES string of the molecule is CC(C)OC[C@@]1(N)C[C@@H](C)C[C@H]1OP(=O)([O-])OC(=O)[C@H]1O[C@@H](C)C[C@H]1OC(C)C. The third-order valence-electron chi connectivity index (χ3n) is 5.09. The number of carbonyl (C=O) groups is 1. The predicted molar refractivity (Wildman–Crippen MR) is 104 cm³/mol. The van der Waals surface area contributed by atoms with E-state index >= 15 is 0 Å². The molecule has 0 aromatic carbocycles. The number of hydrogen-bond acceptors (Lipinski definition) is 9. The van der Waals surface area contributed by atoms with Crippen molar-refractivity contribution in [1.29, 1.82) is 0 Å². The Morgan fingerprint density at radius 1 is 1.24 bits per heavy atom. The molecule has 1 saturated heterocycles. The molecule has 2 fully saturated rings. The molecule has 1 aliphatic carbocycles. The highest BCUT2D eigenvalue weighted by Gasteiger charge is 2.47. The lowest BCUT2D eigenvalue weighted by atomic mass is 9.97. The second-order valence-electron chi connectivity index (χ2n) is 8.92. The highest BCUT2D eigenvalue weighted by molar-refractivity contribution is 7.46. The van der Waals surface area contributed by atoms with E-state index < -0.39 is 37.6 Å². The van der Waals surface area contributed by atoms with Crippen LogP contribution in [-0.4, -0.2) is 54.7 Å². The van der Waals surface area contributed by atoms with Gasteiger partial charge in [-0.15, -0.1) is 0 Å². The minimum atomic E-state index is -4.96. The van der Waals surface area contributed by atoms with Crippen molar-refractivity contribution >= 4 is 13.8 Å². The number of hydrogen-bond donors (Lipinski definition) is 1. The standard InChI is InChI=1S/C19H36NO8P/c1-11(2)24-10-19(20)9-13(5)7-16(19)27-29(22,23)28-18(21)17-15(25-12(3)4)8-14(6)26-17/h11-17H,7-10,20H2,1-6H3,(H,22,23)/p-1/t13-,14-,15+,16+,17-,19-/m0/s1. The van der Waals surface area contributed by atoms with Crippen molar-refractivity contribution in [2.75, 3.05) is 6.61 Å². The average molecular weight is 436 g/mol.